The van der Waals surface area contributed by atoms with Crippen molar-refractivity contribution in [2.45, 2.75) is 31.8 Å². The lowest BCUT2D eigenvalue weighted by Gasteiger charge is -2.39. The molecule has 0 spiro atoms. The third-order valence-electron chi connectivity index (χ3n) is 5.81. The lowest BCUT2D eigenvalue weighted by atomic mass is 10.0. The van der Waals surface area contributed by atoms with Gasteiger partial charge in [-0.2, -0.15) is 18.2 Å². The van der Waals surface area contributed by atoms with Gasteiger partial charge in [0.15, 0.2) is 23.1 Å². The summed E-state index contributed by atoms with van der Waals surface area (Å²) in [6.45, 7) is 3.63. The van der Waals surface area contributed by atoms with Gasteiger partial charge >= 0.3 is 11.9 Å². The zero-order valence-electron chi connectivity index (χ0n) is 18.7. The standard InChI is InChI=1S/C22H18F5N5O4/c1-21-10-31-17(32(21)2-3-34-11-21)6-16(30-20(31)33)35-9-12-4-14(23)18(15(24)5-12)36-13-7-28-19(29-8-13)22(25,26)27/h4-8H,2-3,9-11H2,1H3/t21-/m1/s1. The molecule has 14 heteroatoms. The van der Waals surface area contributed by atoms with Gasteiger partial charge in [-0.3, -0.25) is 4.57 Å². The summed E-state index contributed by atoms with van der Waals surface area (Å²) >= 11 is 0. The molecule has 2 aliphatic heterocycles. The second-order valence-corrected chi connectivity index (χ2v) is 8.54. The Kier molecular flexibility index (Phi) is 5.77. The smallest absolute Gasteiger partial charge is 0.451 e. The number of fused-ring (bicyclic) bond motifs is 3. The van der Waals surface area contributed by atoms with E-state index in [1.54, 1.807) is 6.07 Å². The normalized spacial score (nSPS) is 19.1. The number of aromatic nitrogens is 4. The number of nitrogens with zero attached hydrogens (tertiary/aromatic N) is 5. The number of halogens is 5. The molecule has 3 aromatic rings. The molecule has 0 radical (unpaired) electrons. The Morgan fingerprint density at radius 2 is 1.83 bits per heavy atom. The molecule has 1 saturated heterocycles. The van der Waals surface area contributed by atoms with E-state index < -0.39 is 35.1 Å². The summed E-state index contributed by atoms with van der Waals surface area (Å²) in [5, 5.41) is 0. The minimum Gasteiger partial charge on any atom is -0.473 e. The highest BCUT2D eigenvalue weighted by Crippen LogP contribution is 2.36. The van der Waals surface area contributed by atoms with Gasteiger partial charge in [-0.15, -0.1) is 0 Å². The largest absolute Gasteiger partial charge is 0.473 e. The highest BCUT2D eigenvalue weighted by atomic mass is 19.4. The predicted octanol–water partition coefficient (Wildman–Crippen LogP) is 3.31. The van der Waals surface area contributed by atoms with Crippen molar-refractivity contribution in [1.29, 1.82) is 0 Å². The van der Waals surface area contributed by atoms with E-state index >= 15 is 0 Å². The van der Waals surface area contributed by atoms with Crippen LogP contribution in [0.5, 0.6) is 17.4 Å². The fourth-order valence-electron chi connectivity index (χ4n) is 4.16. The molecule has 0 bridgehead atoms. The molecule has 0 aliphatic carbocycles. The minimum absolute atomic E-state index is 0.00922. The molecule has 0 saturated carbocycles. The van der Waals surface area contributed by atoms with Crippen molar-refractivity contribution in [2.75, 3.05) is 24.7 Å². The van der Waals surface area contributed by atoms with Gasteiger partial charge in [0.25, 0.3) is 0 Å². The van der Waals surface area contributed by atoms with E-state index in [1.165, 1.54) is 4.57 Å². The van der Waals surface area contributed by atoms with Gasteiger partial charge in [0.1, 0.15) is 12.4 Å². The first kappa shape index (κ1) is 23.9. The number of benzene rings is 1. The first-order valence-electron chi connectivity index (χ1n) is 10.7. The molecule has 1 fully saturated rings. The van der Waals surface area contributed by atoms with Crippen LogP contribution in [-0.2, 0) is 24.1 Å². The van der Waals surface area contributed by atoms with Crippen molar-refractivity contribution in [1.82, 2.24) is 19.5 Å². The summed E-state index contributed by atoms with van der Waals surface area (Å²) < 4.78 is 84.4. The molecule has 0 amide bonds. The van der Waals surface area contributed by atoms with Crippen molar-refractivity contribution in [3.05, 3.63) is 64.1 Å². The van der Waals surface area contributed by atoms with Gasteiger partial charge in [0.2, 0.25) is 11.7 Å². The Balaban J connectivity index is 1.30. The monoisotopic (exact) mass is 511 g/mol. The molecule has 190 valence electrons. The summed E-state index contributed by atoms with van der Waals surface area (Å²) in [4.78, 5) is 24.6. The fraction of sp³-hybridized carbons (Fsp3) is 0.364. The summed E-state index contributed by atoms with van der Waals surface area (Å²) in [5.41, 5.74) is -0.831. The van der Waals surface area contributed by atoms with Crippen LogP contribution in [0.3, 0.4) is 0 Å². The topological polar surface area (TPSA) is 91.6 Å². The summed E-state index contributed by atoms with van der Waals surface area (Å²) in [7, 11) is 0. The number of morpholine rings is 1. The first-order chi connectivity index (χ1) is 17.0. The second kappa shape index (κ2) is 8.69. The number of rotatable bonds is 5. The van der Waals surface area contributed by atoms with E-state index in [0.29, 0.717) is 44.5 Å². The van der Waals surface area contributed by atoms with Gasteiger partial charge in [-0.25, -0.2) is 23.5 Å². The number of hydrogen-bond acceptors (Lipinski definition) is 8. The average molecular weight is 511 g/mol. The van der Waals surface area contributed by atoms with E-state index in [0.717, 1.165) is 12.1 Å². The Morgan fingerprint density at radius 3 is 2.50 bits per heavy atom. The molecule has 2 aliphatic rings. The molecule has 1 aromatic carbocycles. The van der Waals surface area contributed by atoms with Crippen LogP contribution >= 0.6 is 0 Å². The Labute approximate surface area is 200 Å². The van der Waals surface area contributed by atoms with Crippen molar-refractivity contribution in [2.24, 2.45) is 0 Å². The van der Waals surface area contributed by atoms with Crippen LogP contribution in [0.4, 0.5) is 27.8 Å². The number of hydrogen-bond donors (Lipinski definition) is 0. The highest BCUT2D eigenvalue weighted by Gasteiger charge is 2.43. The van der Waals surface area contributed by atoms with Crippen LogP contribution < -0.4 is 20.1 Å². The molecule has 9 nitrogen and oxygen atoms in total. The lowest BCUT2D eigenvalue weighted by molar-refractivity contribution is -0.145. The lowest BCUT2D eigenvalue weighted by Crippen LogP contribution is -2.53. The maximum atomic E-state index is 14.5. The van der Waals surface area contributed by atoms with Gasteiger partial charge < -0.3 is 19.1 Å². The van der Waals surface area contributed by atoms with Crippen molar-refractivity contribution >= 4 is 5.82 Å². The van der Waals surface area contributed by atoms with E-state index in [4.69, 9.17) is 14.2 Å². The maximum absolute atomic E-state index is 14.5. The van der Waals surface area contributed by atoms with Crippen LogP contribution in [0.25, 0.3) is 0 Å². The molecule has 5 rings (SSSR count). The van der Waals surface area contributed by atoms with Crippen molar-refractivity contribution in [3.63, 3.8) is 0 Å². The molecular weight excluding hydrogens is 493 g/mol. The summed E-state index contributed by atoms with van der Waals surface area (Å²) in [6, 6.07) is 3.46. The highest BCUT2D eigenvalue weighted by molar-refractivity contribution is 5.50. The first-order valence-corrected chi connectivity index (χ1v) is 10.7. The molecule has 36 heavy (non-hydrogen) atoms. The Morgan fingerprint density at radius 1 is 1.14 bits per heavy atom. The third-order valence-corrected chi connectivity index (χ3v) is 5.81. The van der Waals surface area contributed by atoms with Crippen LogP contribution in [0.15, 0.2) is 35.4 Å². The third kappa shape index (κ3) is 4.43. The zero-order valence-corrected chi connectivity index (χ0v) is 18.7. The second-order valence-electron chi connectivity index (χ2n) is 8.54. The van der Waals surface area contributed by atoms with Crippen molar-refractivity contribution in [3.8, 4) is 17.4 Å². The van der Waals surface area contributed by atoms with E-state index in [2.05, 4.69) is 15.0 Å². The number of alkyl halides is 3. The molecule has 0 unspecified atom stereocenters. The SMILES string of the molecule is C[C@@]12COCCN1c1cc(OCc3cc(F)c(Oc4cnc(C(F)(F)F)nc4)c(F)c3)nc(=O)n1C2. The van der Waals surface area contributed by atoms with E-state index in [1.807, 2.05) is 11.8 Å². The summed E-state index contributed by atoms with van der Waals surface area (Å²) in [5.74, 6) is -4.29. The van der Waals surface area contributed by atoms with Crippen LogP contribution in [0, 0.1) is 11.6 Å². The average Bonchev–Trinajstić information content (AvgIpc) is 3.13. The summed E-state index contributed by atoms with van der Waals surface area (Å²) in [6.07, 6.45) is -3.45. The van der Waals surface area contributed by atoms with Crippen molar-refractivity contribution < 1.29 is 36.2 Å². The quantitative estimate of drug-likeness (QED) is 0.482. The molecule has 4 heterocycles. The molecule has 1 atom stereocenters. The van der Waals surface area contributed by atoms with Gasteiger partial charge in [0.05, 0.1) is 37.7 Å². The predicted molar refractivity (Wildman–Crippen MR) is 113 cm³/mol. The number of ether oxygens (including phenoxy) is 3. The van der Waals surface area contributed by atoms with Gasteiger partial charge in [0, 0.05) is 12.6 Å². The Hall–Kier alpha value is -3.81. The minimum atomic E-state index is -4.77. The van der Waals surface area contributed by atoms with Crippen LogP contribution in [-0.4, -0.2) is 44.8 Å². The van der Waals surface area contributed by atoms with Gasteiger partial charge in [-0.05, 0) is 24.6 Å². The molecule has 2 aromatic heterocycles. The molecule has 0 N–H and O–H groups in total. The van der Waals surface area contributed by atoms with Crippen LogP contribution in [0.2, 0.25) is 0 Å². The fourth-order valence-corrected chi connectivity index (χ4v) is 4.16. The number of anilines is 1. The molecular formula is C22H18F5N5O4. The van der Waals surface area contributed by atoms with Crippen LogP contribution in [0.1, 0.15) is 18.3 Å². The van der Waals surface area contributed by atoms with Gasteiger partial charge in [-0.1, -0.05) is 0 Å². The van der Waals surface area contributed by atoms with E-state index in [-0.39, 0.29) is 29.3 Å². The Bertz CT molecular complexity index is 1340. The van der Waals surface area contributed by atoms with E-state index in [9.17, 15) is 26.7 Å². The maximum Gasteiger partial charge on any atom is 0.451 e. The zero-order chi connectivity index (χ0) is 25.7.